The number of aromatic carboxylic acids is 1. The fraction of sp³-hybridized carbons (Fsp3) is 0.0769. The lowest BCUT2D eigenvalue weighted by Crippen LogP contribution is -2.15. The maximum absolute atomic E-state index is 11.9. The number of hydrogen-bond donors (Lipinski definition) is 2. The number of thiazole rings is 1. The minimum Gasteiger partial charge on any atom is -0.477 e. The van der Waals surface area contributed by atoms with Gasteiger partial charge in [0, 0.05) is 17.8 Å². The topological polar surface area (TPSA) is 96.6 Å². The Bertz CT molecular complexity index is 778. The molecule has 0 radical (unpaired) electrons. The summed E-state index contributed by atoms with van der Waals surface area (Å²) in [5.41, 5.74) is 1.06. The Kier molecular flexibility index (Phi) is 3.36. The van der Waals surface area contributed by atoms with Crippen molar-refractivity contribution < 1.29 is 14.7 Å². The van der Waals surface area contributed by atoms with E-state index in [2.05, 4.69) is 15.3 Å². The van der Waals surface area contributed by atoms with Crippen LogP contribution >= 0.6 is 11.3 Å². The summed E-state index contributed by atoms with van der Waals surface area (Å²) in [5, 5.41) is 13.3. The fourth-order valence-corrected chi connectivity index (χ4v) is 2.54. The standard InChI is InChI=1S/C13H10N4O3S/c18-11(5-9-7-17-3-4-21-13(17)16-9)15-8-1-2-10(12(19)20)14-6-8/h1-4,6-7H,5H2,(H,15,18)(H,19,20). The van der Waals surface area contributed by atoms with Crippen molar-refractivity contribution in [2.24, 2.45) is 0 Å². The van der Waals surface area contributed by atoms with E-state index in [0.717, 1.165) is 4.96 Å². The molecule has 0 fully saturated rings. The number of fused-ring (bicyclic) bond motifs is 1. The van der Waals surface area contributed by atoms with Crippen molar-refractivity contribution in [1.82, 2.24) is 14.4 Å². The number of anilines is 1. The summed E-state index contributed by atoms with van der Waals surface area (Å²) in [7, 11) is 0. The number of amides is 1. The lowest BCUT2D eigenvalue weighted by molar-refractivity contribution is -0.115. The molecule has 3 heterocycles. The summed E-state index contributed by atoms with van der Waals surface area (Å²) in [4.78, 5) is 31.5. The van der Waals surface area contributed by atoms with E-state index in [1.807, 2.05) is 16.0 Å². The van der Waals surface area contributed by atoms with Gasteiger partial charge in [-0.1, -0.05) is 0 Å². The minimum absolute atomic E-state index is 0.0673. The highest BCUT2D eigenvalue weighted by atomic mass is 32.1. The summed E-state index contributed by atoms with van der Waals surface area (Å²) in [6.45, 7) is 0. The van der Waals surface area contributed by atoms with Gasteiger partial charge < -0.3 is 10.4 Å². The molecule has 0 atom stereocenters. The van der Waals surface area contributed by atoms with Gasteiger partial charge in [-0.25, -0.2) is 14.8 Å². The average Bonchev–Trinajstić information content (AvgIpc) is 3.00. The van der Waals surface area contributed by atoms with Gasteiger partial charge in [0.25, 0.3) is 0 Å². The molecule has 0 saturated carbocycles. The van der Waals surface area contributed by atoms with E-state index in [1.54, 1.807) is 6.20 Å². The predicted molar refractivity (Wildman–Crippen MR) is 76.6 cm³/mol. The van der Waals surface area contributed by atoms with E-state index in [4.69, 9.17) is 5.11 Å². The van der Waals surface area contributed by atoms with Gasteiger partial charge in [0.2, 0.25) is 5.91 Å². The largest absolute Gasteiger partial charge is 0.477 e. The number of carboxylic acids is 1. The van der Waals surface area contributed by atoms with Gasteiger partial charge >= 0.3 is 5.97 Å². The summed E-state index contributed by atoms with van der Waals surface area (Å²) < 4.78 is 1.86. The molecule has 3 aromatic rings. The Morgan fingerprint density at radius 3 is 2.90 bits per heavy atom. The van der Waals surface area contributed by atoms with Gasteiger partial charge in [0.05, 0.1) is 24.0 Å². The maximum atomic E-state index is 11.9. The van der Waals surface area contributed by atoms with Crippen LogP contribution in [0.3, 0.4) is 0 Å². The fourth-order valence-electron chi connectivity index (χ4n) is 1.83. The summed E-state index contributed by atoms with van der Waals surface area (Å²) in [6, 6.07) is 2.84. The lowest BCUT2D eigenvalue weighted by atomic mass is 10.3. The van der Waals surface area contributed by atoms with E-state index in [-0.39, 0.29) is 18.0 Å². The van der Waals surface area contributed by atoms with E-state index >= 15 is 0 Å². The van der Waals surface area contributed by atoms with Crippen molar-refractivity contribution in [2.45, 2.75) is 6.42 Å². The van der Waals surface area contributed by atoms with Crippen molar-refractivity contribution in [3.05, 3.63) is 47.5 Å². The molecular weight excluding hydrogens is 292 g/mol. The highest BCUT2D eigenvalue weighted by molar-refractivity contribution is 7.15. The lowest BCUT2D eigenvalue weighted by Gasteiger charge is -2.03. The van der Waals surface area contributed by atoms with E-state index in [0.29, 0.717) is 11.4 Å². The monoisotopic (exact) mass is 302 g/mol. The molecule has 0 aliphatic heterocycles. The highest BCUT2D eigenvalue weighted by Crippen LogP contribution is 2.12. The van der Waals surface area contributed by atoms with Crippen LogP contribution in [0.1, 0.15) is 16.2 Å². The van der Waals surface area contributed by atoms with Crippen molar-refractivity contribution in [1.29, 1.82) is 0 Å². The third-order valence-corrected chi connectivity index (χ3v) is 3.52. The number of nitrogens with one attached hydrogen (secondary N) is 1. The number of carboxylic acid groups (broad SMARTS) is 1. The molecule has 7 nitrogen and oxygen atoms in total. The molecule has 0 aliphatic rings. The van der Waals surface area contributed by atoms with Gasteiger partial charge in [-0.15, -0.1) is 11.3 Å². The van der Waals surface area contributed by atoms with Crippen LogP contribution < -0.4 is 5.32 Å². The molecule has 3 aromatic heterocycles. The Morgan fingerprint density at radius 2 is 2.24 bits per heavy atom. The molecule has 2 N–H and O–H groups in total. The first kappa shape index (κ1) is 13.3. The first-order valence-corrected chi connectivity index (χ1v) is 6.90. The molecule has 0 saturated heterocycles. The number of nitrogens with zero attached hydrogens (tertiary/aromatic N) is 3. The van der Waals surface area contributed by atoms with Crippen LogP contribution in [0.15, 0.2) is 36.1 Å². The second-order valence-electron chi connectivity index (χ2n) is 4.29. The van der Waals surface area contributed by atoms with Gasteiger partial charge in [0.15, 0.2) is 4.96 Å². The number of imidazole rings is 1. The highest BCUT2D eigenvalue weighted by Gasteiger charge is 2.10. The Labute approximate surface area is 122 Å². The molecule has 8 heteroatoms. The van der Waals surface area contributed by atoms with Crippen LogP contribution in [0.5, 0.6) is 0 Å². The summed E-state index contributed by atoms with van der Waals surface area (Å²) in [6.07, 6.45) is 5.14. The Hall–Kier alpha value is -2.74. The third kappa shape index (κ3) is 2.90. The number of carbonyl (C=O) groups excluding carboxylic acids is 1. The zero-order valence-electron chi connectivity index (χ0n) is 10.7. The summed E-state index contributed by atoms with van der Waals surface area (Å²) in [5.74, 6) is -1.34. The van der Waals surface area contributed by atoms with E-state index in [1.165, 1.54) is 29.7 Å². The van der Waals surface area contributed by atoms with Gasteiger partial charge in [-0.05, 0) is 12.1 Å². The second-order valence-corrected chi connectivity index (χ2v) is 5.16. The Morgan fingerprint density at radius 1 is 1.38 bits per heavy atom. The maximum Gasteiger partial charge on any atom is 0.354 e. The Balaban J connectivity index is 1.65. The molecular formula is C13H10N4O3S. The van der Waals surface area contributed by atoms with Crippen molar-refractivity contribution >= 4 is 33.9 Å². The number of carbonyl (C=O) groups is 2. The first-order chi connectivity index (χ1) is 10.1. The molecule has 0 aromatic carbocycles. The zero-order chi connectivity index (χ0) is 14.8. The number of rotatable bonds is 4. The van der Waals surface area contributed by atoms with E-state index in [9.17, 15) is 9.59 Å². The normalized spacial score (nSPS) is 10.7. The summed E-state index contributed by atoms with van der Waals surface area (Å²) >= 11 is 1.50. The molecule has 21 heavy (non-hydrogen) atoms. The van der Waals surface area contributed by atoms with Crippen LogP contribution in [-0.2, 0) is 11.2 Å². The molecule has 1 amide bonds. The van der Waals surface area contributed by atoms with Crippen molar-refractivity contribution in [3.63, 3.8) is 0 Å². The van der Waals surface area contributed by atoms with Crippen LogP contribution in [-0.4, -0.2) is 31.4 Å². The number of aromatic nitrogens is 3. The van der Waals surface area contributed by atoms with Crippen LogP contribution in [0.25, 0.3) is 4.96 Å². The molecule has 106 valence electrons. The zero-order valence-corrected chi connectivity index (χ0v) is 11.5. The third-order valence-electron chi connectivity index (χ3n) is 2.75. The first-order valence-electron chi connectivity index (χ1n) is 6.02. The van der Waals surface area contributed by atoms with Crippen molar-refractivity contribution in [2.75, 3.05) is 5.32 Å². The van der Waals surface area contributed by atoms with Crippen LogP contribution in [0.2, 0.25) is 0 Å². The van der Waals surface area contributed by atoms with Crippen LogP contribution in [0, 0.1) is 0 Å². The molecule has 0 bridgehead atoms. The smallest absolute Gasteiger partial charge is 0.354 e. The number of pyridine rings is 1. The molecule has 0 unspecified atom stereocenters. The van der Waals surface area contributed by atoms with E-state index < -0.39 is 5.97 Å². The second kappa shape index (κ2) is 5.33. The average molecular weight is 302 g/mol. The van der Waals surface area contributed by atoms with Gasteiger partial charge in [0.1, 0.15) is 5.69 Å². The molecule has 0 aliphatic carbocycles. The van der Waals surface area contributed by atoms with Crippen LogP contribution in [0.4, 0.5) is 5.69 Å². The number of hydrogen-bond acceptors (Lipinski definition) is 5. The minimum atomic E-state index is -1.11. The molecule has 3 rings (SSSR count). The van der Waals surface area contributed by atoms with Gasteiger partial charge in [-0.2, -0.15) is 0 Å². The predicted octanol–water partition coefficient (Wildman–Crippen LogP) is 1.67. The molecule has 0 spiro atoms. The quantitative estimate of drug-likeness (QED) is 0.764. The SMILES string of the molecule is O=C(Cc1cn2ccsc2n1)Nc1ccc(C(=O)O)nc1. The van der Waals surface area contributed by atoms with Crippen molar-refractivity contribution in [3.8, 4) is 0 Å². The van der Waals surface area contributed by atoms with Gasteiger partial charge in [-0.3, -0.25) is 9.20 Å².